The summed E-state index contributed by atoms with van der Waals surface area (Å²) in [6.07, 6.45) is 7.34. The molecule has 1 N–H and O–H groups in total. The molecule has 0 amide bonds. The van der Waals surface area contributed by atoms with Crippen LogP contribution in [0.15, 0.2) is 65.7 Å². The zero-order valence-corrected chi connectivity index (χ0v) is 18.5. The molecule has 0 heterocycles. The van der Waals surface area contributed by atoms with Gasteiger partial charge in [0.25, 0.3) is 0 Å². The zero-order chi connectivity index (χ0) is 21.1. The highest BCUT2D eigenvalue weighted by Gasteiger charge is 2.53. The molecule has 0 aromatic heterocycles. The second kappa shape index (κ2) is 9.08. The molecule has 0 saturated carbocycles. The van der Waals surface area contributed by atoms with Crippen LogP contribution in [0.25, 0.3) is 0 Å². The average molecular weight is 423 g/mol. The lowest BCUT2D eigenvalue weighted by Gasteiger charge is -2.48. The molecule has 2 nitrogen and oxygen atoms in total. The Hall–Kier alpha value is -1.90. The quantitative estimate of drug-likeness (QED) is 0.510. The first-order valence-corrected chi connectivity index (χ1v) is 11.7. The number of benzene rings is 2. The zero-order valence-electron chi connectivity index (χ0n) is 17.7. The lowest BCUT2D eigenvalue weighted by molar-refractivity contribution is -0.133. The van der Waals surface area contributed by atoms with E-state index >= 15 is 0 Å². The maximum absolute atomic E-state index is 13.7. The van der Waals surface area contributed by atoms with E-state index in [4.69, 9.17) is 11.6 Å². The second-order valence-corrected chi connectivity index (χ2v) is 9.27. The lowest BCUT2D eigenvalue weighted by Crippen LogP contribution is -2.48. The minimum absolute atomic E-state index is 0.00640. The van der Waals surface area contributed by atoms with Crippen molar-refractivity contribution < 1.29 is 9.90 Å². The monoisotopic (exact) mass is 422 g/mol. The van der Waals surface area contributed by atoms with Crippen LogP contribution >= 0.6 is 11.6 Å². The third-order valence-corrected chi connectivity index (χ3v) is 7.25. The molecule has 0 fully saturated rings. The Morgan fingerprint density at radius 3 is 2.47 bits per heavy atom. The molecule has 2 aromatic carbocycles. The van der Waals surface area contributed by atoms with E-state index in [9.17, 15) is 9.90 Å². The molecule has 4 rings (SSSR count). The minimum atomic E-state index is -1.26. The number of hydrogen-bond donors (Lipinski definition) is 1. The van der Waals surface area contributed by atoms with E-state index in [-0.39, 0.29) is 11.7 Å². The Morgan fingerprint density at radius 2 is 1.77 bits per heavy atom. The van der Waals surface area contributed by atoms with Crippen LogP contribution in [-0.4, -0.2) is 10.9 Å². The summed E-state index contributed by atoms with van der Waals surface area (Å²) < 4.78 is 0. The molecule has 2 aliphatic carbocycles. The number of ketones is 1. The molecule has 0 spiro atoms. The number of hydrogen-bond acceptors (Lipinski definition) is 2. The number of Topliss-reactive ketones (excluding diaryl/α,β-unsaturated/α-hetero) is 1. The summed E-state index contributed by atoms with van der Waals surface area (Å²) in [5.41, 5.74) is 3.14. The minimum Gasteiger partial charge on any atom is -0.380 e. The van der Waals surface area contributed by atoms with Crippen molar-refractivity contribution in [2.24, 2.45) is 5.92 Å². The lowest BCUT2D eigenvalue weighted by atomic mass is 9.57. The molecule has 0 bridgehead atoms. The number of halogens is 1. The SMILES string of the molecule is CCCCC(=O)[C@H]1[C@H](c2ccccc2)CC2=C(CCCC2)[C@]1(O)c1ccc(Cl)cc1. The largest absolute Gasteiger partial charge is 0.380 e. The number of carbonyl (C=O) groups is 1. The van der Waals surface area contributed by atoms with Gasteiger partial charge in [0.2, 0.25) is 0 Å². The topological polar surface area (TPSA) is 37.3 Å². The molecular formula is C27H31ClO2. The van der Waals surface area contributed by atoms with Crippen molar-refractivity contribution >= 4 is 17.4 Å². The fourth-order valence-electron chi connectivity index (χ4n) is 5.55. The molecule has 2 aliphatic rings. The Balaban J connectivity index is 1.90. The number of unbranched alkanes of at least 4 members (excludes halogenated alkanes) is 1. The van der Waals surface area contributed by atoms with Gasteiger partial charge in [-0.3, -0.25) is 4.79 Å². The van der Waals surface area contributed by atoms with E-state index in [1.54, 1.807) is 0 Å². The smallest absolute Gasteiger partial charge is 0.140 e. The van der Waals surface area contributed by atoms with Gasteiger partial charge in [-0.05, 0) is 67.4 Å². The third-order valence-electron chi connectivity index (χ3n) is 7.00. The van der Waals surface area contributed by atoms with Gasteiger partial charge in [-0.2, -0.15) is 0 Å². The van der Waals surface area contributed by atoms with Gasteiger partial charge < -0.3 is 5.11 Å². The molecule has 3 atom stereocenters. The van der Waals surface area contributed by atoms with Crippen LogP contribution in [0.4, 0.5) is 0 Å². The normalized spacial score (nSPS) is 26.4. The van der Waals surface area contributed by atoms with E-state index < -0.39 is 11.5 Å². The van der Waals surface area contributed by atoms with E-state index in [0.717, 1.165) is 61.6 Å². The molecule has 158 valence electrons. The fraction of sp³-hybridized carbons (Fsp3) is 0.444. The molecule has 30 heavy (non-hydrogen) atoms. The predicted molar refractivity (Wildman–Crippen MR) is 123 cm³/mol. The summed E-state index contributed by atoms with van der Waals surface area (Å²) in [7, 11) is 0. The van der Waals surface area contributed by atoms with Crippen LogP contribution in [-0.2, 0) is 10.4 Å². The van der Waals surface area contributed by atoms with E-state index in [1.165, 1.54) is 5.57 Å². The highest BCUT2D eigenvalue weighted by atomic mass is 35.5. The van der Waals surface area contributed by atoms with Gasteiger partial charge in [-0.1, -0.05) is 73.0 Å². The van der Waals surface area contributed by atoms with E-state index in [2.05, 4.69) is 19.1 Å². The van der Waals surface area contributed by atoms with Gasteiger partial charge in [0.15, 0.2) is 0 Å². The van der Waals surface area contributed by atoms with Crippen LogP contribution < -0.4 is 0 Å². The summed E-state index contributed by atoms with van der Waals surface area (Å²) in [4.78, 5) is 13.7. The Bertz CT molecular complexity index is 916. The van der Waals surface area contributed by atoms with Crippen molar-refractivity contribution in [3.05, 3.63) is 81.9 Å². The maximum atomic E-state index is 13.7. The maximum Gasteiger partial charge on any atom is 0.140 e. The first-order valence-electron chi connectivity index (χ1n) is 11.3. The molecule has 0 radical (unpaired) electrons. The van der Waals surface area contributed by atoms with Crippen LogP contribution in [0.3, 0.4) is 0 Å². The molecule has 2 aromatic rings. The summed E-state index contributed by atoms with van der Waals surface area (Å²) >= 11 is 6.16. The van der Waals surface area contributed by atoms with Gasteiger partial charge in [-0.25, -0.2) is 0 Å². The van der Waals surface area contributed by atoms with Crippen LogP contribution in [0.5, 0.6) is 0 Å². The van der Waals surface area contributed by atoms with Crippen molar-refractivity contribution in [2.45, 2.75) is 69.8 Å². The van der Waals surface area contributed by atoms with Crippen molar-refractivity contribution in [1.82, 2.24) is 0 Å². The van der Waals surface area contributed by atoms with Crippen LogP contribution in [0.1, 0.15) is 75.3 Å². The van der Waals surface area contributed by atoms with Gasteiger partial charge in [0.05, 0.1) is 5.92 Å². The molecule has 3 heteroatoms. The predicted octanol–water partition coefficient (Wildman–Crippen LogP) is 6.96. The number of rotatable bonds is 6. The summed E-state index contributed by atoms with van der Waals surface area (Å²) in [6, 6.07) is 17.8. The number of aliphatic hydroxyl groups is 1. The average Bonchev–Trinajstić information content (AvgIpc) is 2.78. The second-order valence-electron chi connectivity index (χ2n) is 8.83. The highest BCUT2D eigenvalue weighted by molar-refractivity contribution is 6.30. The Kier molecular flexibility index (Phi) is 6.46. The van der Waals surface area contributed by atoms with Gasteiger partial charge >= 0.3 is 0 Å². The van der Waals surface area contributed by atoms with Gasteiger partial charge in [0.1, 0.15) is 11.4 Å². The highest BCUT2D eigenvalue weighted by Crippen LogP contribution is 2.55. The molecule has 0 aliphatic heterocycles. The van der Waals surface area contributed by atoms with Gasteiger partial charge in [-0.15, -0.1) is 0 Å². The number of allylic oxidation sites excluding steroid dienone is 1. The standard InChI is InChI=1S/C27H31ClO2/c1-2-3-13-25(29)26-23(19-9-5-4-6-10-19)18-20-11-7-8-12-24(20)27(26,30)21-14-16-22(28)17-15-21/h4-6,9-10,14-17,23,26,30H,2-3,7-8,11-13,18H2,1H3/t23-,26+,27+/m0/s1. The van der Waals surface area contributed by atoms with Crippen LogP contribution in [0, 0.1) is 5.92 Å². The summed E-state index contributed by atoms with van der Waals surface area (Å²) in [5.74, 6) is -0.294. The van der Waals surface area contributed by atoms with Crippen LogP contribution in [0.2, 0.25) is 5.02 Å². The van der Waals surface area contributed by atoms with Gasteiger partial charge in [0, 0.05) is 17.4 Å². The Labute approximate surface area is 185 Å². The van der Waals surface area contributed by atoms with E-state index in [0.29, 0.717) is 11.4 Å². The van der Waals surface area contributed by atoms with Crippen molar-refractivity contribution in [2.75, 3.05) is 0 Å². The first-order chi connectivity index (χ1) is 14.6. The number of carbonyl (C=O) groups excluding carboxylic acids is 1. The van der Waals surface area contributed by atoms with Crippen molar-refractivity contribution in [3.8, 4) is 0 Å². The Morgan fingerprint density at radius 1 is 1.07 bits per heavy atom. The van der Waals surface area contributed by atoms with Crippen molar-refractivity contribution in [1.29, 1.82) is 0 Å². The summed E-state index contributed by atoms with van der Waals surface area (Å²) in [6.45, 7) is 2.11. The first kappa shape index (κ1) is 21.3. The fourth-order valence-corrected chi connectivity index (χ4v) is 5.67. The molecular weight excluding hydrogens is 392 g/mol. The molecule has 0 unspecified atom stereocenters. The van der Waals surface area contributed by atoms with E-state index in [1.807, 2.05) is 42.5 Å². The molecule has 0 saturated heterocycles. The summed E-state index contributed by atoms with van der Waals surface area (Å²) in [5, 5.41) is 13.1. The third kappa shape index (κ3) is 3.88. The van der Waals surface area contributed by atoms with Crippen molar-refractivity contribution in [3.63, 3.8) is 0 Å².